The molecule has 0 aliphatic heterocycles. The van der Waals surface area contributed by atoms with E-state index in [4.69, 9.17) is 4.74 Å². The van der Waals surface area contributed by atoms with Crippen molar-refractivity contribution in [2.75, 3.05) is 13.7 Å². The standard InChI is InChI=1S/C11H14O2/c1-9-3-4-10(5-6-13-2)11(7-9)8-12/h3-4,7-8H,5-6H2,1-2H3. The Hall–Kier alpha value is -1.15. The summed E-state index contributed by atoms with van der Waals surface area (Å²) >= 11 is 0. The Balaban J connectivity index is 2.86. The van der Waals surface area contributed by atoms with Gasteiger partial charge in [0.1, 0.15) is 6.29 Å². The summed E-state index contributed by atoms with van der Waals surface area (Å²) in [4.78, 5) is 10.7. The maximum atomic E-state index is 10.7. The van der Waals surface area contributed by atoms with Crippen LogP contribution in [-0.4, -0.2) is 20.0 Å². The van der Waals surface area contributed by atoms with E-state index in [1.165, 1.54) is 0 Å². The fraction of sp³-hybridized carbons (Fsp3) is 0.364. The van der Waals surface area contributed by atoms with Crippen LogP contribution in [0.4, 0.5) is 0 Å². The van der Waals surface area contributed by atoms with Gasteiger partial charge in [-0.15, -0.1) is 0 Å². The first-order chi connectivity index (χ1) is 6.27. The van der Waals surface area contributed by atoms with Gasteiger partial charge >= 0.3 is 0 Å². The number of carbonyl (C=O) groups is 1. The van der Waals surface area contributed by atoms with Gasteiger partial charge in [0.05, 0.1) is 6.61 Å². The molecule has 0 saturated carbocycles. The second kappa shape index (κ2) is 4.77. The number of carbonyl (C=O) groups excluding carboxylic acids is 1. The van der Waals surface area contributed by atoms with Gasteiger partial charge in [0.15, 0.2) is 0 Å². The fourth-order valence-electron chi connectivity index (χ4n) is 1.26. The summed E-state index contributed by atoms with van der Waals surface area (Å²) in [5.74, 6) is 0. The van der Waals surface area contributed by atoms with Crippen molar-refractivity contribution in [1.29, 1.82) is 0 Å². The predicted octanol–water partition coefficient (Wildman–Crippen LogP) is 2.00. The van der Waals surface area contributed by atoms with Gasteiger partial charge in [-0.2, -0.15) is 0 Å². The van der Waals surface area contributed by atoms with E-state index in [0.717, 1.165) is 29.4 Å². The highest BCUT2D eigenvalue weighted by Crippen LogP contribution is 2.10. The van der Waals surface area contributed by atoms with E-state index in [1.807, 2.05) is 25.1 Å². The quantitative estimate of drug-likeness (QED) is 0.659. The molecule has 0 spiro atoms. The lowest BCUT2D eigenvalue weighted by atomic mass is 10.0. The molecule has 0 heterocycles. The van der Waals surface area contributed by atoms with Crippen LogP contribution in [0.15, 0.2) is 18.2 Å². The van der Waals surface area contributed by atoms with E-state index in [-0.39, 0.29) is 0 Å². The van der Waals surface area contributed by atoms with E-state index >= 15 is 0 Å². The molecule has 0 saturated heterocycles. The van der Waals surface area contributed by atoms with Crippen LogP contribution >= 0.6 is 0 Å². The van der Waals surface area contributed by atoms with Gasteiger partial charge in [0, 0.05) is 12.7 Å². The van der Waals surface area contributed by atoms with Crippen LogP contribution in [0.3, 0.4) is 0 Å². The van der Waals surface area contributed by atoms with Gasteiger partial charge in [-0.25, -0.2) is 0 Å². The Kier molecular flexibility index (Phi) is 3.65. The minimum atomic E-state index is 0.657. The molecular formula is C11H14O2. The summed E-state index contributed by atoms with van der Waals surface area (Å²) in [5, 5.41) is 0. The minimum absolute atomic E-state index is 0.657. The number of hydrogen-bond acceptors (Lipinski definition) is 2. The Labute approximate surface area is 78.5 Å². The highest BCUT2D eigenvalue weighted by atomic mass is 16.5. The first-order valence-electron chi connectivity index (χ1n) is 4.31. The maximum Gasteiger partial charge on any atom is 0.150 e. The summed E-state index contributed by atoms with van der Waals surface area (Å²) in [6.45, 7) is 2.64. The number of aryl methyl sites for hydroxylation is 1. The summed E-state index contributed by atoms with van der Waals surface area (Å²) < 4.78 is 4.96. The van der Waals surface area contributed by atoms with Crippen LogP contribution in [0.1, 0.15) is 21.5 Å². The molecule has 0 unspecified atom stereocenters. The number of hydrogen-bond donors (Lipinski definition) is 0. The van der Waals surface area contributed by atoms with Gasteiger partial charge in [0.25, 0.3) is 0 Å². The number of ether oxygens (including phenoxy) is 1. The number of methoxy groups -OCH3 is 1. The molecule has 13 heavy (non-hydrogen) atoms. The zero-order chi connectivity index (χ0) is 9.68. The van der Waals surface area contributed by atoms with Gasteiger partial charge in [-0.1, -0.05) is 17.7 Å². The first-order valence-corrected chi connectivity index (χ1v) is 4.31. The monoisotopic (exact) mass is 178 g/mol. The molecule has 0 N–H and O–H groups in total. The summed E-state index contributed by atoms with van der Waals surface area (Å²) in [6, 6.07) is 5.90. The highest BCUT2D eigenvalue weighted by Gasteiger charge is 2.00. The van der Waals surface area contributed by atoms with E-state index in [2.05, 4.69) is 0 Å². The molecule has 0 fully saturated rings. The second-order valence-electron chi connectivity index (χ2n) is 3.06. The number of benzene rings is 1. The summed E-state index contributed by atoms with van der Waals surface area (Å²) in [5.41, 5.74) is 2.95. The highest BCUT2D eigenvalue weighted by molar-refractivity contribution is 5.77. The Morgan fingerprint density at radius 1 is 1.46 bits per heavy atom. The lowest BCUT2D eigenvalue weighted by Gasteiger charge is -2.04. The third kappa shape index (κ3) is 2.67. The molecule has 0 atom stereocenters. The van der Waals surface area contributed by atoms with Crippen molar-refractivity contribution in [2.24, 2.45) is 0 Å². The molecule has 0 aromatic heterocycles. The van der Waals surface area contributed by atoms with Gasteiger partial charge < -0.3 is 4.74 Å². The molecule has 1 rings (SSSR count). The van der Waals surface area contributed by atoms with Crippen molar-refractivity contribution >= 4 is 6.29 Å². The molecule has 2 nitrogen and oxygen atoms in total. The van der Waals surface area contributed by atoms with Crippen LogP contribution in [0.2, 0.25) is 0 Å². The van der Waals surface area contributed by atoms with Crippen LogP contribution < -0.4 is 0 Å². The SMILES string of the molecule is COCCc1ccc(C)cc1C=O. The molecule has 2 heteroatoms. The molecule has 0 aliphatic carbocycles. The van der Waals surface area contributed by atoms with Crippen LogP contribution in [0.5, 0.6) is 0 Å². The van der Waals surface area contributed by atoms with Crippen molar-refractivity contribution < 1.29 is 9.53 Å². The lowest BCUT2D eigenvalue weighted by Crippen LogP contribution is -1.99. The number of rotatable bonds is 4. The Bertz CT molecular complexity index is 292. The molecule has 0 radical (unpaired) electrons. The predicted molar refractivity (Wildman–Crippen MR) is 52.1 cm³/mol. The molecule has 1 aromatic rings. The zero-order valence-corrected chi connectivity index (χ0v) is 8.04. The molecule has 0 bridgehead atoms. The summed E-state index contributed by atoms with van der Waals surface area (Å²) in [6.07, 6.45) is 1.70. The Morgan fingerprint density at radius 2 is 2.23 bits per heavy atom. The van der Waals surface area contributed by atoms with Crippen molar-refractivity contribution in [1.82, 2.24) is 0 Å². The van der Waals surface area contributed by atoms with Gasteiger partial charge in [-0.3, -0.25) is 4.79 Å². The average Bonchev–Trinajstić information content (AvgIpc) is 2.16. The van der Waals surface area contributed by atoms with E-state index in [0.29, 0.717) is 6.61 Å². The third-order valence-electron chi connectivity index (χ3n) is 2.00. The van der Waals surface area contributed by atoms with Crippen LogP contribution in [0.25, 0.3) is 0 Å². The van der Waals surface area contributed by atoms with Crippen molar-refractivity contribution in [3.63, 3.8) is 0 Å². The van der Waals surface area contributed by atoms with Crippen LogP contribution in [0, 0.1) is 6.92 Å². The first kappa shape index (κ1) is 9.93. The number of aldehydes is 1. The van der Waals surface area contributed by atoms with E-state index in [1.54, 1.807) is 7.11 Å². The fourth-order valence-corrected chi connectivity index (χ4v) is 1.26. The minimum Gasteiger partial charge on any atom is -0.384 e. The molecule has 0 aliphatic rings. The molecule has 70 valence electrons. The zero-order valence-electron chi connectivity index (χ0n) is 8.04. The smallest absolute Gasteiger partial charge is 0.150 e. The second-order valence-corrected chi connectivity index (χ2v) is 3.06. The van der Waals surface area contributed by atoms with E-state index < -0.39 is 0 Å². The molecule has 0 amide bonds. The van der Waals surface area contributed by atoms with Crippen molar-refractivity contribution in [2.45, 2.75) is 13.3 Å². The lowest BCUT2D eigenvalue weighted by molar-refractivity contribution is 0.112. The van der Waals surface area contributed by atoms with Crippen molar-refractivity contribution in [3.8, 4) is 0 Å². The Morgan fingerprint density at radius 3 is 2.85 bits per heavy atom. The van der Waals surface area contributed by atoms with E-state index in [9.17, 15) is 4.79 Å². The van der Waals surface area contributed by atoms with Gasteiger partial charge in [-0.05, 0) is 25.0 Å². The topological polar surface area (TPSA) is 26.3 Å². The maximum absolute atomic E-state index is 10.7. The summed E-state index contributed by atoms with van der Waals surface area (Å²) in [7, 11) is 1.66. The van der Waals surface area contributed by atoms with Crippen molar-refractivity contribution in [3.05, 3.63) is 34.9 Å². The van der Waals surface area contributed by atoms with Gasteiger partial charge in [0.2, 0.25) is 0 Å². The molecule has 1 aromatic carbocycles. The largest absolute Gasteiger partial charge is 0.384 e. The van der Waals surface area contributed by atoms with Crippen LogP contribution in [-0.2, 0) is 11.2 Å². The average molecular weight is 178 g/mol. The normalized spacial score (nSPS) is 10.0. The molecular weight excluding hydrogens is 164 g/mol. The third-order valence-corrected chi connectivity index (χ3v) is 2.00.